The fourth-order valence-electron chi connectivity index (χ4n) is 4.07. The first-order valence-corrected chi connectivity index (χ1v) is 10.8. The summed E-state index contributed by atoms with van der Waals surface area (Å²) in [5.74, 6) is -1.43. The van der Waals surface area contributed by atoms with Crippen molar-refractivity contribution >= 4 is 29.3 Å². The summed E-state index contributed by atoms with van der Waals surface area (Å²) in [6.45, 7) is 0.385. The van der Waals surface area contributed by atoms with Gasteiger partial charge in [-0.2, -0.15) is 4.98 Å². The van der Waals surface area contributed by atoms with Crippen molar-refractivity contribution in [3.8, 4) is 11.1 Å². The highest BCUT2D eigenvalue weighted by molar-refractivity contribution is 6.22. The molecule has 0 fully saturated rings. The number of carbonyl (C=O) groups excluding carboxylic acids is 3. The molecule has 1 aliphatic heterocycles. The standard InChI is InChI=1S/C25H22N6O3/c1-29(2)13-16-7-3-4-8-18(16)17-11-12-21-26-25(28-31(21)14-17)27-22(32)15-30-23(33)19-9-5-6-10-20(19)24(30)34/h3-12,14H,13,15H2,1-2H3,(H,27,28,32). The van der Waals surface area contributed by atoms with E-state index < -0.39 is 24.3 Å². The molecule has 5 rings (SSSR count). The summed E-state index contributed by atoms with van der Waals surface area (Å²) < 4.78 is 1.60. The molecule has 0 atom stereocenters. The van der Waals surface area contributed by atoms with Crippen LogP contribution in [0, 0.1) is 0 Å². The average Bonchev–Trinajstić information content (AvgIpc) is 3.32. The SMILES string of the molecule is CN(C)Cc1ccccc1-c1ccc2nc(NC(=O)CN3C(=O)c4ccccc4C3=O)nn2c1. The summed E-state index contributed by atoms with van der Waals surface area (Å²) >= 11 is 0. The highest BCUT2D eigenvalue weighted by Crippen LogP contribution is 2.25. The average molecular weight is 454 g/mol. The van der Waals surface area contributed by atoms with Gasteiger partial charge in [-0.3, -0.25) is 24.6 Å². The van der Waals surface area contributed by atoms with Gasteiger partial charge in [0.15, 0.2) is 5.65 Å². The predicted octanol–water partition coefficient (Wildman–Crippen LogP) is 2.69. The third-order valence-electron chi connectivity index (χ3n) is 5.58. The van der Waals surface area contributed by atoms with E-state index in [9.17, 15) is 14.4 Å². The third-order valence-corrected chi connectivity index (χ3v) is 5.58. The van der Waals surface area contributed by atoms with Crippen LogP contribution in [-0.4, -0.2) is 62.8 Å². The van der Waals surface area contributed by atoms with Crippen molar-refractivity contribution in [1.29, 1.82) is 0 Å². The van der Waals surface area contributed by atoms with Crippen LogP contribution in [0.4, 0.5) is 5.95 Å². The third kappa shape index (κ3) is 3.93. The minimum absolute atomic E-state index is 0.0975. The summed E-state index contributed by atoms with van der Waals surface area (Å²) in [4.78, 5) is 44.9. The highest BCUT2D eigenvalue weighted by atomic mass is 16.2. The second-order valence-corrected chi connectivity index (χ2v) is 8.34. The highest BCUT2D eigenvalue weighted by Gasteiger charge is 2.36. The first-order valence-electron chi connectivity index (χ1n) is 10.8. The van der Waals surface area contributed by atoms with E-state index in [0.29, 0.717) is 16.8 Å². The smallest absolute Gasteiger partial charge is 0.262 e. The Morgan fingerprint density at radius 1 is 0.912 bits per heavy atom. The van der Waals surface area contributed by atoms with E-state index in [2.05, 4.69) is 32.4 Å². The lowest BCUT2D eigenvalue weighted by Crippen LogP contribution is -2.37. The van der Waals surface area contributed by atoms with Crippen LogP contribution in [0.25, 0.3) is 16.8 Å². The Morgan fingerprint density at radius 2 is 1.56 bits per heavy atom. The van der Waals surface area contributed by atoms with Gasteiger partial charge in [0.25, 0.3) is 11.8 Å². The molecule has 2 aromatic heterocycles. The zero-order valence-corrected chi connectivity index (χ0v) is 18.7. The molecule has 1 N–H and O–H groups in total. The lowest BCUT2D eigenvalue weighted by Gasteiger charge is -2.14. The van der Waals surface area contributed by atoms with Gasteiger partial charge in [0, 0.05) is 18.3 Å². The molecule has 0 aliphatic carbocycles. The number of hydrogen-bond acceptors (Lipinski definition) is 6. The van der Waals surface area contributed by atoms with E-state index in [1.54, 1.807) is 28.8 Å². The van der Waals surface area contributed by atoms with Crippen LogP contribution in [0.2, 0.25) is 0 Å². The number of benzene rings is 2. The molecule has 0 bridgehead atoms. The largest absolute Gasteiger partial charge is 0.305 e. The zero-order valence-electron chi connectivity index (χ0n) is 18.7. The maximum atomic E-state index is 12.6. The monoisotopic (exact) mass is 454 g/mol. The van der Waals surface area contributed by atoms with Gasteiger partial charge in [0.05, 0.1) is 11.1 Å². The Morgan fingerprint density at radius 3 is 2.24 bits per heavy atom. The second-order valence-electron chi connectivity index (χ2n) is 8.34. The number of nitrogens with zero attached hydrogens (tertiary/aromatic N) is 5. The number of aromatic nitrogens is 3. The molecule has 9 heteroatoms. The van der Waals surface area contributed by atoms with Gasteiger partial charge in [-0.1, -0.05) is 36.4 Å². The normalized spacial score (nSPS) is 13.1. The molecule has 0 spiro atoms. The molecule has 9 nitrogen and oxygen atoms in total. The lowest BCUT2D eigenvalue weighted by molar-refractivity contribution is -0.116. The summed E-state index contributed by atoms with van der Waals surface area (Å²) in [6, 6.07) is 18.5. The fourth-order valence-corrected chi connectivity index (χ4v) is 4.07. The van der Waals surface area contributed by atoms with Crippen LogP contribution in [0.15, 0.2) is 66.9 Å². The molecule has 170 valence electrons. The van der Waals surface area contributed by atoms with Gasteiger partial charge >= 0.3 is 0 Å². The molecule has 3 amide bonds. The summed E-state index contributed by atoms with van der Waals surface area (Å²) in [7, 11) is 4.04. The van der Waals surface area contributed by atoms with Crippen molar-refractivity contribution in [2.24, 2.45) is 0 Å². The van der Waals surface area contributed by atoms with Gasteiger partial charge in [-0.15, -0.1) is 5.10 Å². The number of carbonyl (C=O) groups is 3. The molecule has 0 unspecified atom stereocenters. The van der Waals surface area contributed by atoms with Gasteiger partial charge < -0.3 is 4.90 Å². The Bertz CT molecular complexity index is 1410. The van der Waals surface area contributed by atoms with Crippen molar-refractivity contribution in [3.63, 3.8) is 0 Å². The van der Waals surface area contributed by atoms with Gasteiger partial charge in [0.2, 0.25) is 11.9 Å². The molecule has 1 aliphatic rings. The van der Waals surface area contributed by atoms with Crippen LogP contribution >= 0.6 is 0 Å². The van der Waals surface area contributed by atoms with Crippen molar-refractivity contribution in [2.45, 2.75) is 6.54 Å². The minimum Gasteiger partial charge on any atom is -0.305 e. The second kappa shape index (κ2) is 8.53. The number of rotatable bonds is 6. The van der Waals surface area contributed by atoms with Gasteiger partial charge in [-0.25, -0.2) is 4.52 Å². The molecule has 4 aromatic rings. The van der Waals surface area contributed by atoms with Crippen LogP contribution < -0.4 is 5.32 Å². The Hall–Kier alpha value is -4.37. The first-order chi connectivity index (χ1) is 16.4. The number of nitrogens with one attached hydrogen (secondary N) is 1. The topological polar surface area (TPSA) is 99.9 Å². The predicted molar refractivity (Wildman–Crippen MR) is 126 cm³/mol. The number of hydrogen-bond donors (Lipinski definition) is 1. The van der Waals surface area contributed by atoms with E-state index in [-0.39, 0.29) is 5.95 Å². The zero-order chi connectivity index (χ0) is 23.8. The van der Waals surface area contributed by atoms with Crippen molar-refractivity contribution in [2.75, 3.05) is 26.0 Å². The Labute approximate surface area is 195 Å². The maximum absolute atomic E-state index is 12.6. The molecule has 0 saturated heterocycles. The number of fused-ring (bicyclic) bond motifs is 2. The summed E-state index contributed by atoms with van der Waals surface area (Å²) in [6.07, 6.45) is 1.86. The van der Waals surface area contributed by atoms with E-state index in [0.717, 1.165) is 22.6 Å². The first kappa shape index (κ1) is 21.5. The quantitative estimate of drug-likeness (QED) is 0.450. The fraction of sp³-hybridized carbons (Fsp3) is 0.160. The van der Waals surface area contributed by atoms with Crippen LogP contribution in [0.1, 0.15) is 26.3 Å². The van der Waals surface area contributed by atoms with E-state index in [1.807, 2.05) is 44.6 Å². The minimum atomic E-state index is -0.554. The Balaban J connectivity index is 1.34. The van der Waals surface area contributed by atoms with Crippen molar-refractivity contribution in [3.05, 3.63) is 83.6 Å². The van der Waals surface area contributed by atoms with E-state index in [4.69, 9.17) is 0 Å². The molecule has 2 aromatic carbocycles. The molecular formula is C25H22N6O3. The van der Waals surface area contributed by atoms with Crippen LogP contribution in [0.3, 0.4) is 0 Å². The van der Waals surface area contributed by atoms with Gasteiger partial charge in [0.1, 0.15) is 6.54 Å². The summed E-state index contributed by atoms with van der Waals surface area (Å²) in [5.41, 5.74) is 4.40. The van der Waals surface area contributed by atoms with E-state index in [1.165, 1.54) is 5.56 Å². The van der Waals surface area contributed by atoms with Crippen molar-refractivity contribution in [1.82, 2.24) is 24.4 Å². The Kier molecular flexibility index (Phi) is 5.39. The van der Waals surface area contributed by atoms with Crippen LogP contribution in [0.5, 0.6) is 0 Å². The molecular weight excluding hydrogens is 432 g/mol. The van der Waals surface area contributed by atoms with E-state index >= 15 is 0 Å². The number of amides is 3. The molecule has 3 heterocycles. The number of pyridine rings is 1. The summed E-state index contributed by atoms with van der Waals surface area (Å²) in [5, 5.41) is 6.94. The maximum Gasteiger partial charge on any atom is 0.262 e. The number of anilines is 1. The lowest BCUT2D eigenvalue weighted by atomic mass is 10.0. The molecule has 0 saturated carbocycles. The van der Waals surface area contributed by atoms with Crippen molar-refractivity contribution < 1.29 is 14.4 Å². The van der Waals surface area contributed by atoms with Gasteiger partial charge in [-0.05, 0) is 49.5 Å². The van der Waals surface area contributed by atoms with Crippen LogP contribution in [-0.2, 0) is 11.3 Å². The molecule has 0 radical (unpaired) electrons. The molecule has 34 heavy (non-hydrogen) atoms. The number of imide groups is 1.